The van der Waals surface area contributed by atoms with Crippen molar-refractivity contribution in [2.45, 2.75) is 44.4 Å². The van der Waals surface area contributed by atoms with Crippen LogP contribution in [0.3, 0.4) is 0 Å². The molecule has 2 nitrogen and oxygen atoms in total. The molecular formula is C14H17FO2. The normalized spacial score (nSPS) is 18.9. The number of rotatable bonds is 2. The Morgan fingerprint density at radius 2 is 1.94 bits per heavy atom. The second kappa shape index (κ2) is 4.47. The molecule has 0 atom stereocenters. The Hall–Kier alpha value is -1.38. The number of carbonyl (C=O) groups is 1. The highest BCUT2D eigenvalue weighted by Gasteiger charge is 2.43. The third-order valence-electron chi connectivity index (χ3n) is 3.82. The van der Waals surface area contributed by atoms with Gasteiger partial charge in [0.2, 0.25) is 0 Å². The highest BCUT2D eigenvalue weighted by molar-refractivity contribution is 5.82. The van der Waals surface area contributed by atoms with Crippen LogP contribution in [-0.4, -0.2) is 11.1 Å². The van der Waals surface area contributed by atoms with E-state index in [0.717, 1.165) is 24.8 Å². The van der Waals surface area contributed by atoms with Crippen molar-refractivity contribution in [1.82, 2.24) is 0 Å². The Bertz CT molecular complexity index is 414. The number of halogens is 1. The summed E-state index contributed by atoms with van der Waals surface area (Å²) < 4.78 is 14.0. The van der Waals surface area contributed by atoms with Gasteiger partial charge in [-0.1, -0.05) is 31.4 Å². The Kier molecular flexibility index (Phi) is 3.18. The first-order valence-corrected chi connectivity index (χ1v) is 6.07. The monoisotopic (exact) mass is 236 g/mol. The second-order valence-electron chi connectivity index (χ2n) is 4.88. The van der Waals surface area contributed by atoms with E-state index in [1.807, 2.05) is 0 Å². The van der Waals surface area contributed by atoms with Gasteiger partial charge in [-0.25, -0.2) is 4.39 Å². The number of carboxylic acids is 1. The lowest BCUT2D eigenvalue weighted by molar-refractivity contribution is -0.145. The van der Waals surface area contributed by atoms with Crippen LogP contribution in [0.15, 0.2) is 18.2 Å². The molecule has 1 saturated carbocycles. The maximum absolute atomic E-state index is 14.0. The summed E-state index contributed by atoms with van der Waals surface area (Å²) in [7, 11) is 0. The van der Waals surface area contributed by atoms with Crippen LogP contribution in [0, 0.1) is 12.7 Å². The molecule has 0 unspecified atom stereocenters. The molecule has 0 heterocycles. The number of aryl methyl sites for hydroxylation is 1. The first kappa shape index (κ1) is 12.1. The molecule has 0 aromatic heterocycles. The van der Waals surface area contributed by atoms with E-state index in [1.54, 1.807) is 19.1 Å². The first-order chi connectivity index (χ1) is 8.08. The molecule has 1 aliphatic carbocycles. The minimum absolute atomic E-state index is 0.380. The maximum atomic E-state index is 14.0. The Morgan fingerprint density at radius 1 is 1.29 bits per heavy atom. The van der Waals surface area contributed by atoms with Crippen LogP contribution in [0.2, 0.25) is 0 Å². The Labute approximate surface area is 100 Å². The highest BCUT2D eigenvalue weighted by Crippen LogP contribution is 2.42. The van der Waals surface area contributed by atoms with Gasteiger partial charge in [-0.05, 0) is 31.4 Å². The molecular weight excluding hydrogens is 219 g/mol. The van der Waals surface area contributed by atoms with Gasteiger partial charge in [0, 0.05) is 5.56 Å². The smallest absolute Gasteiger partial charge is 0.314 e. The fourth-order valence-electron chi connectivity index (χ4n) is 2.96. The van der Waals surface area contributed by atoms with Gasteiger partial charge in [0.1, 0.15) is 5.82 Å². The molecule has 0 saturated heterocycles. The predicted molar refractivity (Wildman–Crippen MR) is 63.5 cm³/mol. The fraction of sp³-hybridized carbons (Fsp3) is 0.500. The van der Waals surface area contributed by atoms with Gasteiger partial charge in [-0.2, -0.15) is 0 Å². The fourth-order valence-corrected chi connectivity index (χ4v) is 2.96. The van der Waals surface area contributed by atoms with Crippen LogP contribution in [-0.2, 0) is 10.2 Å². The van der Waals surface area contributed by atoms with E-state index < -0.39 is 11.4 Å². The average Bonchev–Trinajstić information content (AvgIpc) is 2.29. The van der Waals surface area contributed by atoms with Gasteiger partial charge in [-0.15, -0.1) is 0 Å². The molecule has 0 spiro atoms. The largest absolute Gasteiger partial charge is 0.481 e. The zero-order chi connectivity index (χ0) is 12.5. The summed E-state index contributed by atoms with van der Waals surface area (Å²) in [4.78, 5) is 11.6. The summed E-state index contributed by atoms with van der Waals surface area (Å²) in [5.74, 6) is -1.26. The van der Waals surface area contributed by atoms with Gasteiger partial charge in [0.05, 0.1) is 5.41 Å². The second-order valence-corrected chi connectivity index (χ2v) is 4.88. The number of carboxylic acid groups (broad SMARTS) is 1. The highest BCUT2D eigenvalue weighted by atomic mass is 19.1. The van der Waals surface area contributed by atoms with E-state index >= 15 is 0 Å². The summed E-state index contributed by atoms with van der Waals surface area (Å²) >= 11 is 0. The van der Waals surface area contributed by atoms with Crippen molar-refractivity contribution in [3.8, 4) is 0 Å². The molecule has 92 valence electrons. The van der Waals surface area contributed by atoms with Crippen molar-refractivity contribution in [2.75, 3.05) is 0 Å². The molecule has 2 rings (SSSR count). The van der Waals surface area contributed by atoms with Gasteiger partial charge >= 0.3 is 5.97 Å². The third kappa shape index (κ3) is 1.94. The molecule has 1 aliphatic rings. The van der Waals surface area contributed by atoms with E-state index in [1.165, 1.54) is 6.07 Å². The van der Waals surface area contributed by atoms with Crippen LogP contribution in [0.1, 0.15) is 43.2 Å². The van der Waals surface area contributed by atoms with Crippen molar-refractivity contribution >= 4 is 5.97 Å². The van der Waals surface area contributed by atoms with Crippen LogP contribution in [0.4, 0.5) is 4.39 Å². The van der Waals surface area contributed by atoms with E-state index in [4.69, 9.17) is 0 Å². The van der Waals surface area contributed by atoms with E-state index in [-0.39, 0.29) is 5.82 Å². The van der Waals surface area contributed by atoms with Gasteiger partial charge in [0.25, 0.3) is 0 Å². The van der Waals surface area contributed by atoms with Crippen LogP contribution < -0.4 is 0 Å². The van der Waals surface area contributed by atoms with Crippen LogP contribution >= 0.6 is 0 Å². The molecule has 3 heteroatoms. The van der Waals surface area contributed by atoms with Crippen molar-refractivity contribution in [3.63, 3.8) is 0 Å². The molecule has 1 fully saturated rings. The van der Waals surface area contributed by atoms with Crippen molar-refractivity contribution in [3.05, 3.63) is 35.1 Å². The lowest BCUT2D eigenvalue weighted by Gasteiger charge is -2.34. The van der Waals surface area contributed by atoms with Crippen molar-refractivity contribution in [2.24, 2.45) is 0 Å². The quantitative estimate of drug-likeness (QED) is 0.854. The number of aliphatic carboxylic acids is 1. The molecule has 17 heavy (non-hydrogen) atoms. The third-order valence-corrected chi connectivity index (χ3v) is 3.82. The minimum Gasteiger partial charge on any atom is -0.481 e. The first-order valence-electron chi connectivity index (χ1n) is 6.07. The van der Waals surface area contributed by atoms with Crippen LogP contribution in [0.25, 0.3) is 0 Å². The number of hydrogen-bond donors (Lipinski definition) is 1. The van der Waals surface area contributed by atoms with Crippen molar-refractivity contribution < 1.29 is 14.3 Å². The Balaban J connectivity index is 2.56. The van der Waals surface area contributed by atoms with E-state index in [9.17, 15) is 14.3 Å². The lowest BCUT2D eigenvalue weighted by Crippen LogP contribution is -2.39. The summed E-state index contributed by atoms with van der Waals surface area (Å²) in [6.45, 7) is 1.79. The molecule has 0 bridgehead atoms. The summed E-state index contributed by atoms with van der Waals surface area (Å²) in [6, 6.07) is 4.78. The number of benzene rings is 1. The van der Waals surface area contributed by atoms with E-state index in [2.05, 4.69) is 0 Å². The Morgan fingerprint density at radius 3 is 2.47 bits per heavy atom. The molecule has 0 radical (unpaired) electrons. The van der Waals surface area contributed by atoms with Gasteiger partial charge in [0.15, 0.2) is 0 Å². The predicted octanol–water partition coefficient (Wildman–Crippen LogP) is 3.42. The zero-order valence-electron chi connectivity index (χ0n) is 10.0. The summed E-state index contributed by atoms with van der Waals surface area (Å²) in [5, 5.41) is 9.52. The molecule has 1 aromatic carbocycles. The van der Waals surface area contributed by atoms with Gasteiger partial charge < -0.3 is 5.11 Å². The number of hydrogen-bond acceptors (Lipinski definition) is 1. The summed E-state index contributed by atoms with van der Waals surface area (Å²) in [5.41, 5.74) is 0.134. The average molecular weight is 236 g/mol. The van der Waals surface area contributed by atoms with Crippen LogP contribution in [0.5, 0.6) is 0 Å². The molecule has 1 N–H and O–H groups in total. The molecule has 1 aromatic rings. The SMILES string of the molecule is Cc1cccc(F)c1C1(C(=O)O)CCCCC1. The van der Waals surface area contributed by atoms with E-state index in [0.29, 0.717) is 18.4 Å². The lowest BCUT2D eigenvalue weighted by atomic mass is 9.68. The zero-order valence-corrected chi connectivity index (χ0v) is 10.0. The van der Waals surface area contributed by atoms with Gasteiger partial charge in [-0.3, -0.25) is 4.79 Å². The standard InChI is InChI=1S/C14H17FO2/c1-10-6-5-7-11(15)12(10)14(13(16)17)8-3-2-4-9-14/h5-7H,2-4,8-9H2,1H3,(H,16,17). The topological polar surface area (TPSA) is 37.3 Å². The van der Waals surface area contributed by atoms with Crippen molar-refractivity contribution in [1.29, 1.82) is 0 Å². The summed E-state index contributed by atoms with van der Waals surface area (Å²) in [6.07, 6.45) is 3.86. The molecule has 0 amide bonds. The maximum Gasteiger partial charge on any atom is 0.314 e. The minimum atomic E-state index is -1.01. The molecule has 0 aliphatic heterocycles.